The van der Waals surface area contributed by atoms with Crippen LogP contribution in [0.25, 0.3) is 16.8 Å². The number of likely N-dealkylation sites (tertiary alicyclic amines) is 1. The van der Waals surface area contributed by atoms with Crippen molar-refractivity contribution in [2.45, 2.75) is 30.9 Å². The molecule has 11 nitrogen and oxygen atoms in total. The first kappa shape index (κ1) is 25.1. The van der Waals surface area contributed by atoms with Crippen LogP contribution in [-0.2, 0) is 4.79 Å². The highest BCUT2D eigenvalue weighted by Crippen LogP contribution is 2.33. The number of nitrogen functional groups attached to an aromatic ring is 1. The van der Waals surface area contributed by atoms with E-state index in [1.807, 2.05) is 0 Å². The molecule has 0 radical (unpaired) electrons. The predicted octanol–water partition coefficient (Wildman–Crippen LogP) is 0.974. The van der Waals surface area contributed by atoms with Crippen molar-refractivity contribution in [3.8, 4) is 17.1 Å². The average molecular weight is 511 g/mol. The zero-order valence-corrected chi connectivity index (χ0v) is 19.0. The van der Waals surface area contributed by atoms with E-state index in [1.165, 1.54) is 30.2 Å². The Morgan fingerprint density at radius 1 is 1.25 bits per heavy atom. The summed E-state index contributed by atoms with van der Waals surface area (Å²) in [5, 5.41) is 16.1. The first-order chi connectivity index (χ1) is 16.8. The third-order valence-electron chi connectivity index (χ3n) is 5.89. The second-order valence-corrected chi connectivity index (χ2v) is 8.32. The first-order valence-electron chi connectivity index (χ1n) is 10.5. The third-order valence-corrected chi connectivity index (χ3v) is 5.89. The van der Waals surface area contributed by atoms with E-state index in [4.69, 9.17) is 10.5 Å². The van der Waals surface area contributed by atoms with Crippen LogP contribution in [0.4, 0.5) is 23.4 Å². The number of nitrogens with zero attached hydrogens (tertiary/aromatic N) is 5. The Bertz CT molecular complexity index is 1330. The van der Waals surface area contributed by atoms with Crippen molar-refractivity contribution in [3.05, 3.63) is 36.3 Å². The fourth-order valence-corrected chi connectivity index (χ4v) is 3.83. The summed E-state index contributed by atoms with van der Waals surface area (Å²) < 4.78 is 60.3. The molecule has 1 saturated heterocycles. The average Bonchev–Trinajstić information content (AvgIpc) is 3.42. The smallest absolute Gasteiger partial charge is 0.426 e. The molecular formula is C21H21F4N7O4. The lowest BCUT2D eigenvalue weighted by atomic mass is 10.1. The van der Waals surface area contributed by atoms with Gasteiger partial charge >= 0.3 is 6.18 Å². The normalized spacial score (nSPS) is 19.8. The van der Waals surface area contributed by atoms with Gasteiger partial charge in [0.05, 0.1) is 25.4 Å². The van der Waals surface area contributed by atoms with Gasteiger partial charge in [0.25, 0.3) is 11.8 Å². The Morgan fingerprint density at radius 2 is 1.97 bits per heavy atom. The summed E-state index contributed by atoms with van der Waals surface area (Å²) in [5.74, 6) is -2.40. The molecule has 4 N–H and O–H groups in total. The largest absolute Gasteiger partial charge is 0.480 e. The number of nitrogens with one attached hydrogen (secondary N) is 1. The number of ether oxygens (including phenoxy) is 1. The summed E-state index contributed by atoms with van der Waals surface area (Å²) in [5.41, 5.74) is 3.52. The number of carbonyl (C=O) groups excluding carboxylic acids is 2. The van der Waals surface area contributed by atoms with Crippen LogP contribution in [0.15, 0.2) is 30.7 Å². The quantitative estimate of drug-likeness (QED) is 0.430. The number of aliphatic hydroxyl groups is 1. The van der Waals surface area contributed by atoms with Gasteiger partial charge in [0, 0.05) is 18.3 Å². The molecule has 0 aliphatic carbocycles. The number of rotatable bonds is 5. The Morgan fingerprint density at radius 3 is 2.64 bits per heavy atom. The van der Waals surface area contributed by atoms with E-state index in [2.05, 4.69) is 20.4 Å². The fraction of sp³-hybridized carbons (Fsp3) is 0.381. The number of pyridine rings is 1. The van der Waals surface area contributed by atoms with E-state index in [-0.39, 0.29) is 17.3 Å². The van der Waals surface area contributed by atoms with Crippen LogP contribution < -0.4 is 15.8 Å². The molecule has 2 amide bonds. The number of fused-ring (bicyclic) bond motifs is 1. The van der Waals surface area contributed by atoms with Crippen molar-refractivity contribution in [1.82, 2.24) is 29.8 Å². The maximum Gasteiger partial charge on any atom is 0.426 e. The van der Waals surface area contributed by atoms with E-state index >= 15 is 0 Å². The van der Waals surface area contributed by atoms with Crippen LogP contribution in [0.3, 0.4) is 0 Å². The zero-order chi connectivity index (χ0) is 26.4. The molecule has 1 aliphatic heterocycles. The molecule has 3 aromatic rings. The standard InChI is InChI=1S/C21H21F4N7O4/c1-20(35,21(23,24)25)19(34)31-7-12(22)13(8-31)30-17(33)11-5-10(6-27-18(11)36-2)14-3-4-15-16(26)28-9-29-32(14)15/h3-6,9,12-13,35H,7-8H2,1-2H3,(H,30,33)(H2,26,28,29)/t12-,13+,20+/m0/s1. The highest BCUT2D eigenvalue weighted by Gasteiger charge is 2.58. The van der Waals surface area contributed by atoms with E-state index in [1.54, 1.807) is 12.1 Å². The van der Waals surface area contributed by atoms with Gasteiger partial charge in [0.15, 0.2) is 5.82 Å². The Kier molecular flexibility index (Phi) is 6.20. The molecule has 0 unspecified atom stereocenters. The van der Waals surface area contributed by atoms with Crippen molar-refractivity contribution >= 4 is 23.1 Å². The van der Waals surface area contributed by atoms with Crippen LogP contribution >= 0.6 is 0 Å². The van der Waals surface area contributed by atoms with Gasteiger partial charge in [-0.2, -0.15) is 18.3 Å². The Hall–Kier alpha value is -4.01. The highest BCUT2D eigenvalue weighted by atomic mass is 19.4. The number of amides is 2. The topological polar surface area (TPSA) is 148 Å². The molecular weight excluding hydrogens is 490 g/mol. The van der Waals surface area contributed by atoms with Gasteiger partial charge in [-0.25, -0.2) is 18.9 Å². The lowest BCUT2D eigenvalue weighted by Crippen LogP contribution is -2.56. The molecule has 1 fully saturated rings. The number of halogens is 4. The monoisotopic (exact) mass is 511 g/mol. The van der Waals surface area contributed by atoms with E-state index < -0.39 is 48.9 Å². The van der Waals surface area contributed by atoms with Gasteiger partial charge in [-0.1, -0.05) is 0 Å². The molecule has 0 bridgehead atoms. The zero-order valence-electron chi connectivity index (χ0n) is 19.0. The number of anilines is 1. The van der Waals surface area contributed by atoms with E-state index in [9.17, 15) is 32.3 Å². The van der Waals surface area contributed by atoms with Crippen molar-refractivity contribution in [2.75, 3.05) is 25.9 Å². The van der Waals surface area contributed by atoms with Crippen LogP contribution in [-0.4, -0.2) is 85.6 Å². The van der Waals surface area contributed by atoms with Crippen molar-refractivity contribution in [2.24, 2.45) is 0 Å². The first-order valence-corrected chi connectivity index (χ1v) is 10.5. The Balaban J connectivity index is 1.57. The molecule has 192 valence electrons. The number of alkyl halides is 4. The predicted molar refractivity (Wildman–Crippen MR) is 117 cm³/mol. The van der Waals surface area contributed by atoms with Gasteiger partial charge < -0.3 is 25.8 Å². The van der Waals surface area contributed by atoms with E-state index in [0.29, 0.717) is 28.6 Å². The number of methoxy groups -OCH3 is 1. The fourth-order valence-electron chi connectivity index (χ4n) is 3.83. The van der Waals surface area contributed by atoms with Crippen molar-refractivity contribution in [1.29, 1.82) is 0 Å². The molecule has 4 rings (SSSR count). The maximum atomic E-state index is 14.6. The van der Waals surface area contributed by atoms with Gasteiger partial charge in [0.1, 0.15) is 23.6 Å². The molecule has 3 aromatic heterocycles. The van der Waals surface area contributed by atoms with Gasteiger partial charge in [-0.05, 0) is 25.1 Å². The summed E-state index contributed by atoms with van der Waals surface area (Å²) in [4.78, 5) is 33.7. The summed E-state index contributed by atoms with van der Waals surface area (Å²) in [7, 11) is 1.27. The van der Waals surface area contributed by atoms with Crippen molar-refractivity contribution in [3.63, 3.8) is 0 Å². The molecule has 0 spiro atoms. The minimum atomic E-state index is -5.25. The lowest BCUT2D eigenvalue weighted by molar-refractivity contribution is -0.249. The number of aromatic nitrogens is 4. The molecule has 0 saturated carbocycles. The minimum Gasteiger partial charge on any atom is -0.480 e. The molecule has 4 heterocycles. The lowest BCUT2D eigenvalue weighted by Gasteiger charge is -2.29. The van der Waals surface area contributed by atoms with Crippen LogP contribution in [0.5, 0.6) is 5.88 Å². The van der Waals surface area contributed by atoms with Crippen LogP contribution in [0.2, 0.25) is 0 Å². The van der Waals surface area contributed by atoms with Crippen molar-refractivity contribution < 1.29 is 37.0 Å². The number of carbonyl (C=O) groups is 2. The summed E-state index contributed by atoms with van der Waals surface area (Å²) in [6, 6.07) is 3.43. The summed E-state index contributed by atoms with van der Waals surface area (Å²) in [6.45, 7) is -1.02. The highest BCUT2D eigenvalue weighted by molar-refractivity contribution is 5.98. The SMILES string of the molecule is COc1ncc(-c2ccc3c(N)ncnn23)cc1C(=O)N[C@@H]1CN(C(=O)[C@@](C)(O)C(F)(F)F)C[C@@H]1F. The van der Waals surface area contributed by atoms with Crippen LogP contribution in [0.1, 0.15) is 17.3 Å². The molecule has 3 atom stereocenters. The second kappa shape index (κ2) is 8.89. The minimum absolute atomic E-state index is 0.0902. The molecule has 36 heavy (non-hydrogen) atoms. The number of nitrogens with two attached hydrogens (primary N) is 1. The van der Waals surface area contributed by atoms with E-state index in [0.717, 1.165) is 0 Å². The molecule has 1 aliphatic rings. The second-order valence-electron chi connectivity index (χ2n) is 8.32. The van der Waals surface area contributed by atoms with Gasteiger partial charge in [-0.3, -0.25) is 9.59 Å². The summed E-state index contributed by atoms with van der Waals surface area (Å²) >= 11 is 0. The molecule has 15 heteroatoms. The number of hydrogen-bond acceptors (Lipinski definition) is 8. The maximum absolute atomic E-state index is 14.6. The van der Waals surface area contributed by atoms with Gasteiger partial charge in [0.2, 0.25) is 11.5 Å². The van der Waals surface area contributed by atoms with Gasteiger partial charge in [-0.15, -0.1) is 0 Å². The molecule has 0 aromatic carbocycles. The third kappa shape index (κ3) is 4.25. The summed E-state index contributed by atoms with van der Waals surface area (Å²) in [6.07, 6.45) is -4.46. The number of hydrogen-bond donors (Lipinski definition) is 3. The van der Waals surface area contributed by atoms with Crippen LogP contribution in [0, 0.1) is 0 Å². The Labute approximate surface area is 200 Å².